The van der Waals surface area contributed by atoms with Gasteiger partial charge in [0, 0.05) is 31.2 Å². The second-order valence-electron chi connectivity index (χ2n) is 9.15. The van der Waals surface area contributed by atoms with Crippen molar-refractivity contribution in [3.05, 3.63) is 69.5 Å². The number of rotatable bonds is 4. The number of amides is 1. The van der Waals surface area contributed by atoms with Crippen molar-refractivity contribution in [2.24, 2.45) is 0 Å². The van der Waals surface area contributed by atoms with Gasteiger partial charge in [-0.25, -0.2) is 4.39 Å². The molecule has 1 unspecified atom stereocenters. The minimum absolute atomic E-state index is 0.193. The molecule has 0 aromatic heterocycles. The molecule has 0 aliphatic carbocycles. The van der Waals surface area contributed by atoms with Crippen molar-refractivity contribution < 1.29 is 9.18 Å². The number of fused-ring (bicyclic) bond motifs is 1. The highest BCUT2D eigenvalue weighted by Gasteiger charge is 2.34. The van der Waals surface area contributed by atoms with Gasteiger partial charge < -0.3 is 10.2 Å². The lowest BCUT2D eigenvalue weighted by molar-refractivity contribution is 0.0674. The van der Waals surface area contributed by atoms with E-state index in [0.29, 0.717) is 12.0 Å². The van der Waals surface area contributed by atoms with E-state index in [-0.39, 0.29) is 16.7 Å². The van der Waals surface area contributed by atoms with Crippen molar-refractivity contribution in [3.63, 3.8) is 0 Å². The molecule has 5 rings (SSSR count). The monoisotopic (exact) mass is 441 g/mol. The first-order chi connectivity index (χ1) is 15.1. The Morgan fingerprint density at radius 2 is 1.94 bits per heavy atom. The van der Waals surface area contributed by atoms with Gasteiger partial charge in [0.25, 0.3) is 5.91 Å². The molecule has 1 amide bonds. The summed E-state index contributed by atoms with van der Waals surface area (Å²) in [4.78, 5) is 17.4. The number of carbonyl (C=O) groups excluding carboxylic acids is 1. The molecule has 0 saturated carbocycles. The molecule has 31 heavy (non-hydrogen) atoms. The Labute approximate surface area is 188 Å². The molecule has 164 valence electrons. The number of hydrogen-bond donors (Lipinski definition) is 1. The molecule has 0 radical (unpaired) electrons. The van der Waals surface area contributed by atoms with E-state index < -0.39 is 0 Å². The molecule has 1 N–H and O–H groups in total. The van der Waals surface area contributed by atoms with E-state index in [1.165, 1.54) is 17.2 Å². The number of carbonyl (C=O) groups is 1. The number of likely N-dealkylation sites (tertiary alicyclic amines) is 1. The second kappa shape index (κ2) is 8.89. The topological polar surface area (TPSA) is 35.6 Å². The first kappa shape index (κ1) is 20.9. The summed E-state index contributed by atoms with van der Waals surface area (Å²) >= 11 is 5.93. The SMILES string of the molecule is O=C1c2ccc(C3CCN(Cc4ccc(F)c(Cl)c4)CC3)cc2CN1C1CCCNC1. The largest absolute Gasteiger partial charge is 0.330 e. The minimum atomic E-state index is -0.363. The maximum atomic E-state index is 13.4. The highest BCUT2D eigenvalue weighted by molar-refractivity contribution is 6.30. The lowest BCUT2D eigenvalue weighted by Crippen LogP contribution is -2.46. The lowest BCUT2D eigenvalue weighted by Gasteiger charge is -2.32. The Hall–Kier alpha value is -1.95. The van der Waals surface area contributed by atoms with Crippen molar-refractivity contribution in [2.45, 2.75) is 50.7 Å². The van der Waals surface area contributed by atoms with Crippen LogP contribution in [0.1, 0.15) is 58.6 Å². The third-order valence-electron chi connectivity index (χ3n) is 7.12. The van der Waals surface area contributed by atoms with E-state index in [4.69, 9.17) is 11.6 Å². The van der Waals surface area contributed by atoms with Gasteiger partial charge in [-0.3, -0.25) is 9.69 Å². The molecule has 1 atom stereocenters. The molecule has 4 nitrogen and oxygen atoms in total. The van der Waals surface area contributed by atoms with Crippen LogP contribution in [0.3, 0.4) is 0 Å². The van der Waals surface area contributed by atoms with Gasteiger partial charge in [-0.05, 0) is 86.1 Å². The maximum Gasteiger partial charge on any atom is 0.254 e. The molecule has 3 aliphatic rings. The van der Waals surface area contributed by atoms with Gasteiger partial charge in [-0.1, -0.05) is 29.8 Å². The zero-order valence-corrected chi connectivity index (χ0v) is 18.5. The average Bonchev–Trinajstić information content (AvgIpc) is 3.13. The lowest BCUT2D eigenvalue weighted by atomic mass is 9.87. The Morgan fingerprint density at radius 1 is 1.10 bits per heavy atom. The summed E-state index contributed by atoms with van der Waals surface area (Å²) in [5.74, 6) is 0.361. The molecule has 2 aromatic carbocycles. The number of halogens is 2. The number of hydrogen-bond acceptors (Lipinski definition) is 3. The van der Waals surface area contributed by atoms with E-state index in [9.17, 15) is 9.18 Å². The fraction of sp³-hybridized carbons (Fsp3) is 0.480. The van der Waals surface area contributed by atoms with Gasteiger partial charge in [0.15, 0.2) is 0 Å². The third-order valence-corrected chi connectivity index (χ3v) is 7.41. The molecule has 0 spiro atoms. The summed E-state index contributed by atoms with van der Waals surface area (Å²) in [7, 11) is 0. The molecular formula is C25H29ClFN3O. The van der Waals surface area contributed by atoms with Crippen LogP contribution < -0.4 is 5.32 Å². The summed E-state index contributed by atoms with van der Waals surface area (Å²) in [5, 5.41) is 3.62. The van der Waals surface area contributed by atoms with E-state index in [2.05, 4.69) is 33.3 Å². The van der Waals surface area contributed by atoms with Crippen LogP contribution in [0, 0.1) is 5.82 Å². The predicted octanol–water partition coefficient (Wildman–Crippen LogP) is 4.57. The maximum absolute atomic E-state index is 13.4. The number of nitrogens with zero attached hydrogens (tertiary/aromatic N) is 2. The van der Waals surface area contributed by atoms with E-state index >= 15 is 0 Å². The summed E-state index contributed by atoms with van der Waals surface area (Å²) in [6, 6.07) is 11.8. The fourth-order valence-corrected chi connectivity index (χ4v) is 5.54. The van der Waals surface area contributed by atoms with Gasteiger partial charge in [0.2, 0.25) is 0 Å². The normalized spacial score (nSPS) is 22.7. The predicted molar refractivity (Wildman–Crippen MR) is 121 cm³/mol. The molecular weight excluding hydrogens is 413 g/mol. The van der Waals surface area contributed by atoms with Crippen molar-refractivity contribution >= 4 is 17.5 Å². The average molecular weight is 442 g/mol. The van der Waals surface area contributed by atoms with Crippen LogP contribution in [0.2, 0.25) is 5.02 Å². The van der Waals surface area contributed by atoms with Crippen molar-refractivity contribution in [2.75, 3.05) is 26.2 Å². The molecule has 2 fully saturated rings. The smallest absolute Gasteiger partial charge is 0.254 e. The van der Waals surface area contributed by atoms with Crippen LogP contribution in [0.25, 0.3) is 0 Å². The zero-order chi connectivity index (χ0) is 21.4. The van der Waals surface area contributed by atoms with E-state index in [1.807, 2.05) is 6.07 Å². The van der Waals surface area contributed by atoms with E-state index in [0.717, 1.165) is 76.1 Å². The van der Waals surface area contributed by atoms with Gasteiger partial charge in [0.05, 0.1) is 5.02 Å². The third kappa shape index (κ3) is 4.36. The van der Waals surface area contributed by atoms with Crippen molar-refractivity contribution in [3.8, 4) is 0 Å². The van der Waals surface area contributed by atoms with Crippen LogP contribution in [0.15, 0.2) is 36.4 Å². The summed E-state index contributed by atoms with van der Waals surface area (Å²) in [5.41, 5.74) is 4.49. The fourth-order valence-electron chi connectivity index (χ4n) is 5.33. The molecule has 0 bridgehead atoms. The quantitative estimate of drug-likeness (QED) is 0.755. The number of benzene rings is 2. The van der Waals surface area contributed by atoms with Gasteiger partial charge in [-0.2, -0.15) is 0 Å². The Bertz CT molecular complexity index is 967. The summed E-state index contributed by atoms with van der Waals surface area (Å²) in [6.45, 7) is 5.53. The number of piperidine rings is 2. The highest BCUT2D eigenvalue weighted by Crippen LogP contribution is 2.33. The van der Waals surface area contributed by atoms with Crippen molar-refractivity contribution in [1.82, 2.24) is 15.1 Å². The highest BCUT2D eigenvalue weighted by atomic mass is 35.5. The van der Waals surface area contributed by atoms with Crippen LogP contribution in [0.5, 0.6) is 0 Å². The standard InChI is InChI=1S/C25H29ClFN3O/c26-23-12-17(3-6-24(23)27)15-29-10-7-18(8-11-29)19-4-5-22-20(13-19)16-30(25(22)31)21-2-1-9-28-14-21/h3-6,12-13,18,21,28H,1-2,7-11,14-16H2. The molecule has 2 aromatic rings. The number of nitrogens with one attached hydrogen (secondary N) is 1. The van der Waals surface area contributed by atoms with Crippen LogP contribution in [0.4, 0.5) is 4.39 Å². The summed E-state index contributed by atoms with van der Waals surface area (Å²) < 4.78 is 13.4. The second-order valence-corrected chi connectivity index (χ2v) is 9.56. The van der Waals surface area contributed by atoms with Crippen molar-refractivity contribution in [1.29, 1.82) is 0 Å². The zero-order valence-electron chi connectivity index (χ0n) is 17.7. The van der Waals surface area contributed by atoms with Crippen LogP contribution in [-0.4, -0.2) is 47.9 Å². The molecule has 3 aliphatic heterocycles. The van der Waals surface area contributed by atoms with Crippen LogP contribution in [-0.2, 0) is 13.1 Å². The summed E-state index contributed by atoms with van der Waals surface area (Å²) in [6.07, 6.45) is 4.42. The van der Waals surface area contributed by atoms with Gasteiger partial charge in [-0.15, -0.1) is 0 Å². The molecule has 2 saturated heterocycles. The van der Waals surface area contributed by atoms with Crippen LogP contribution >= 0.6 is 11.6 Å². The van der Waals surface area contributed by atoms with E-state index in [1.54, 1.807) is 6.07 Å². The van der Waals surface area contributed by atoms with Gasteiger partial charge in [0.1, 0.15) is 5.82 Å². The first-order valence-electron chi connectivity index (χ1n) is 11.4. The Kier molecular flexibility index (Phi) is 6.00. The molecule has 3 heterocycles. The Balaban J connectivity index is 1.21. The Morgan fingerprint density at radius 3 is 2.68 bits per heavy atom. The first-order valence-corrected chi connectivity index (χ1v) is 11.8. The van der Waals surface area contributed by atoms with Gasteiger partial charge >= 0.3 is 0 Å². The minimum Gasteiger partial charge on any atom is -0.330 e. The molecule has 6 heteroatoms.